The molecule has 34 heavy (non-hydrogen) atoms. The fourth-order valence-electron chi connectivity index (χ4n) is 6.68. The van der Waals surface area contributed by atoms with Gasteiger partial charge in [0.2, 0.25) is 0 Å². The Kier molecular flexibility index (Phi) is 9.57. The summed E-state index contributed by atoms with van der Waals surface area (Å²) in [5.74, 6) is -0.268. The maximum Gasteiger partial charge on any atom is 0.302 e. The summed E-state index contributed by atoms with van der Waals surface area (Å²) in [7, 11) is -2.00. The first-order valence-corrected chi connectivity index (χ1v) is 13.7. The highest BCUT2D eigenvalue weighted by atomic mass is 32.2. The van der Waals surface area contributed by atoms with Gasteiger partial charge < -0.3 is 14.6 Å². The molecule has 1 unspecified atom stereocenters. The average molecular weight is 501 g/mol. The molecule has 0 aliphatic heterocycles. The Bertz CT molecular complexity index is 953. The van der Waals surface area contributed by atoms with Gasteiger partial charge in [0.15, 0.2) is 16.4 Å². The Labute approximate surface area is 208 Å². The summed E-state index contributed by atoms with van der Waals surface area (Å²) in [6, 6.07) is 0. The minimum Gasteiger partial charge on any atom is -0.503 e. The Hall–Kier alpha value is -1.47. The molecule has 0 heterocycles. The molecular formula is C27H48O6S. The maximum atomic E-state index is 12.5. The molecule has 0 aliphatic carbocycles. The second-order valence-corrected chi connectivity index (χ2v) is 14.0. The lowest BCUT2D eigenvalue weighted by Gasteiger charge is -2.49. The van der Waals surface area contributed by atoms with Gasteiger partial charge in [-0.05, 0) is 47.3 Å². The third-order valence-corrected chi connectivity index (χ3v) is 7.31. The molecule has 1 atom stereocenters. The van der Waals surface area contributed by atoms with E-state index < -0.39 is 20.8 Å². The molecule has 7 heteroatoms. The highest BCUT2D eigenvalue weighted by Gasteiger charge is 2.48. The molecular weight excluding hydrogens is 452 g/mol. The van der Waals surface area contributed by atoms with Crippen LogP contribution in [-0.2, 0) is 16.5 Å². The molecule has 0 amide bonds. The van der Waals surface area contributed by atoms with E-state index in [2.05, 4.69) is 62.3 Å². The van der Waals surface area contributed by atoms with E-state index in [4.69, 9.17) is 9.47 Å². The smallest absolute Gasteiger partial charge is 0.302 e. The molecule has 1 aromatic rings. The molecule has 0 spiro atoms. The lowest BCUT2D eigenvalue weighted by molar-refractivity contribution is 0.0760. The van der Waals surface area contributed by atoms with Crippen LogP contribution in [0.25, 0.3) is 0 Å². The van der Waals surface area contributed by atoms with Crippen LogP contribution in [0.5, 0.6) is 17.2 Å². The van der Waals surface area contributed by atoms with Crippen LogP contribution in [-0.4, -0.2) is 32.3 Å². The van der Waals surface area contributed by atoms with Crippen molar-refractivity contribution in [3.8, 4) is 17.2 Å². The highest BCUT2D eigenvalue weighted by molar-refractivity contribution is 7.86. The maximum absolute atomic E-state index is 12.5. The highest BCUT2D eigenvalue weighted by Crippen LogP contribution is 2.60. The van der Waals surface area contributed by atoms with Gasteiger partial charge in [0.05, 0.1) is 14.2 Å². The summed E-state index contributed by atoms with van der Waals surface area (Å²) >= 11 is 0. The van der Waals surface area contributed by atoms with Crippen molar-refractivity contribution in [3.05, 3.63) is 11.1 Å². The van der Waals surface area contributed by atoms with Crippen LogP contribution in [0.4, 0.5) is 0 Å². The molecule has 2 N–H and O–H groups in total. The van der Waals surface area contributed by atoms with E-state index in [9.17, 15) is 18.1 Å². The molecule has 0 saturated carbocycles. The van der Waals surface area contributed by atoms with Gasteiger partial charge in [-0.25, -0.2) is 0 Å². The Balaban J connectivity index is 4.37. The Morgan fingerprint density at radius 2 is 1.41 bits per heavy atom. The largest absolute Gasteiger partial charge is 0.503 e. The molecule has 0 saturated heterocycles. The number of ether oxygens (including phenoxy) is 2. The van der Waals surface area contributed by atoms with Crippen molar-refractivity contribution in [3.63, 3.8) is 0 Å². The van der Waals surface area contributed by atoms with Gasteiger partial charge in [0.1, 0.15) is 5.75 Å². The zero-order valence-electron chi connectivity index (χ0n) is 23.4. The zero-order chi connectivity index (χ0) is 26.9. The molecule has 198 valence electrons. The summed E-state index contributed by atoms with van der Waals surface area (Å²) in [5.41, 5.74) is 0.894. The van der Waals surface area contributed by atoms with Crippen LogP contribution in [0.1, 0.15) is 106 Å². The summed E-state index contributed by atoms with van der Waals surface area (Å²) in [6.07, 6.45) is 3.08. The predicted molar refractivity (Wildman–Crippen MR) is 139 cm³/mol. The first kappa shape index (κ1) is 30.6. The van der Waals surface area contributed by atoms with Gasteiger partial charge in [-0.2, -0.15) is 8.42 Å². The van der Waals surface area contributed by atoms with Crippen molar-refractivity contribution < 1.29 is 27.6 Å². The van der Waals surface area contributed by atoms with Crippen molar-refractivity contribution in [1.29, 1.82) is 0 Å². The third-order valence-electron chi connectivity index (χ3n) is 6.42. The fraction of sp³-hybridized carbons (Fsp3) is 0.778. The summed E-state index contributed by atoms with van der Waals surface area (Å²) in [5, 5.41) is 10.9. The van der Waals surface area contributed by atoms with E-state index in [1.807, 2.05) is 6.92 Å². The van der Waals surface area contributed by atoms with Crippen LogP contribution < -0.4 is 9.47 Å². The van der Waals surface area contributed by atoms with Gasteiger partial charge >= 0.3 is 10.1 Å². The van der Waals surface area contributed by atoms with E-state index in [1.165, 1.54) is 14.2 Å². The van der Waals surface area contributed by atoms with Crippen LogP contribution in [0.2, 0.25) is 0 Å². The number of rotatable bonds is 11. The number of benzene rings is 1. The molecule has 0 fully saturated rings. The van der Waals surface area contributed by atoms with Crippen molar-refractivity contribution in [2.45, 2.75) is 106 Å². The first-order valence-electron chi connectivity index (χ1n) is 12.2. The number of phenols is 1. The van der Waals surface area contributed by atoms with Crippen molar-refractivity contribution in [1.82, 2.24) is 0 Å². The average Bonchev–Trinajstić information content (AvgIpc) is 2.58. The normalized spacial score (nSPS) is 14.4. The van der Waals surface area contributed by atoms with Gasteiger partial charge in [0, 0.05) is 11.1 Å². The second kappa shape index (κ2) is 10.7. The molecule has 0 radical (unpaired) electrons. The van der Waals surface area contributed by atoms with E-state index in [-0.39, 0.29) is 33.7 Å². The zero-order valence-corrected chi connectivity index (χ0v) is 24.2. The first-order chi connectivity index (χ1) is 15.2. The minimum atomic E-state index is -4.80. The van der Waals surface area contributed by atoms with Crippen molar-refractivity contribution >= 4 is 10.1 Å². The fourth-order valence-corrected chi connectivity index (χ4v) is 7.44. The van der Waals surface area contributed by atoms with Crippen molar-refractivity contribution in [2.75, 3.05) is 14.2 Å². The number of hydrogen-bond donors (Lipinski definition) is 2. The SMILES string of the molecule is CCCc1c(OC)c(O)c(S(=O)(=O)O)c(OC)c1C(C(C)(C)CC(C)C)C(C)(C)CC(C)(C)C. The van der Waals surface area contributed by atoms with Gasteiger partial charge in [-0.3, -0.25) is 4.55 Å². The summed E-state index contributed by atoms with van der Waals surface area (Å²) in [4.78, 5) is -0.626. The Morgan fingerprint density at radius 1 is 0.912 bits per heavy atom. The number of methoxy groups -OCH3 is 2. The van der Waals surface area contributed by atoms with E-state index >= 15 is 0 Å². The van der Waals surface area contributed by atoms with E-state index in [0.717, 1.165) is 24.8 Å². The third kappa shape index (κ3) is 6.81. The lowest BCUT2D eigenvalue weighted by atomic mass is 9.55. The number of hydrogen-bond acceptors (Lipinski definition) is 5. The van der Waals surface area contributed by atoms with Crippen LogP contribution in [0.3, 0.4) is 0 Å². The van der Waals surface area contributed by atoms with E-state index in [1.54, 1.807) is 0 Å². The van der Waals surface area contributed by atoms with Crippen LogP contribution in [0, 0.1) is 22.2 Å². The van der Waals surface area contributed by atoms with Gasteiger partial charge in [0.25, 0.3) is 0 Å². The lowest BCUT2D eigenvalue weighted by Crippen LogP contribution is -2.38. The monoisotopic (exact) mass is 500 g/mol. The topological polar surface area (TPSA) is 93.1 Å². The predicted octanol–water partition coefficient (Wildman–Crippen LogP) is 7.23. The van der Waals surface area contributed by atoms with Crippen molar-refractivity contribution in [2.24, 2.45) is 22.2 Å². The van der Waals surface area contributed by atoms with Crippen LogP contribution >= 0.6 is 0 Å². The Morgan fingerprint density at radius 3 is 1.76 bits per heavy atom. The molecule has 0 bridgehead atoms. The molecule has 0 aromatic heterocycles. The summed E-state index contributed by atoms with van der Waals surface area (Å²) < 4.78 is 46.5. The summed E-state index contributed by atoms with van der Waals surface area (Å²) in [6.45, 7) is 21.8. The molecule has 1 aromatic carbocycles. The van der Waals surface area contributed by atoms with E-state index in [0.29, 0.717) is 17.9 Å². The molecule has 1 rings (SSSR count). The molecule has 6 nitrogen and oxygen atoms in total. The standard InChI is InChI=1S/C27H48O6S/c1-13-14-18-19(22(33-12)23(34(29,30)31)20(28)21(18)32-11)24(26(7,8)15-17(2)3)27(9,10)16-25(4,5)6/h17,24,28H,13-16H2,1-12H3,(H,29,30,31). The number of aromatic hydroxyl groups is 1. The number of phenolic OH excluding ortho intramolecular Hbond substituents is 1. The van der Waals surface area contributed by atoms with Crippen LogP contribution in [0.15, 0.2) is 4.90 Å². The molecule has 0 aliphatic rings. The minimum absolute atomic E-state index is 0.00747. The quantitative estimate of drug-likeness (QED) is 0.311. The van der Waals surface area contributed by atoms with Gasteiger partial charge in [-0.1, -0.05) is 75.7 Å². The second-order valence-electron chi connectivity index (χ2n) is 12.6. The van der Waals surface area contributed by atoms with Gasteiger partial charge in [-0.15, -0.1) is 0 Å².